The third-order valence-electron chi connectivity index (χ3n) is 5.46. The van der Waals surface area contributed by atoms with Crippen LogP contribution >= 0.6 is 11.3 Å². The first kappa shape index (κ1) is 20.4. The summed E-state index contributed by atoms with van der Waals surface area (Å²) in [6, 6.07) is 16.1. The van der Waals surface area contributed by atoms with E-state index in [2.05, 4.69) is 38.3 Å². The Morgan fingerprint density at radius 2 is 1.93 bits per heavy atom. The third kappa shape index (κ3) is 4.80. The van der Waals surface area contributed by atoms with Gasteiger partial charge in [-0.1, -0.05) is 12.1 Å². The summed E-state index contributed by atoms with van der Waals surface area (Å²) in [5.41, 5.74) is 2.33. The molecule has 4 rings (SSSR count). The van der Waals surface area contributed by atoms with E-state index in [9.17, 15) is 4.79 Å². The summed E-state index contributed by atoms with van der Waals surface area (Å²) in [4.78, 5) is 22.3. The van der Waals surface area contributed by atoms with Crippen molar-refractivity contribution >= 4 is 22.9 Å². The summed E-state index contributed by atoms with van der Waals surface area (Å²) in [5, 5.41) is 5.03. The highest BCUT2D eigenvalue weighted by molar-refractivity contribution is 7.12. The number of hydrogen-bond donors (Lipinski definition) is 1. The number of nitrogens with zero attached hydrogens (tertiary/aromatic N) is 3. The van der Waals surface area contributed by atoms with Crippen molar-refractivity contribution in [3.05, 3.63) is 76.7 Å². The van der Waals surface area contributed by atoms with E-state index in [1.807, 2.05) is 41.9 Å². The van der Waals surface area contributed by atoms with Gasteiger partial charge in [-0.25, -0.2) is 0 Å². The van der Waals surface area contributed by atoms with Crippen LogP contribution in [0.1, 0.15) is 21.3 Å². The molecule has 156 valence electrons. The number of thiophene rings is 1. The van der Waals surface area contributed by atoms with E-state index in [1.165, 1.54) is 17.0 Å². The first-order valence-corrected chi connectivity index (χ1v) is 11.0. The number of benzene rings is 1. The molecule has 0 bridgehead atoms. The molecule has 1 aliphatic rings. The van der Waals surface area contributed by atoms with Crippen LogP contribution < -0.4 is 15.0 Å². The van der Waals surface area contributed by atoms with Crippen LogP contribution in [0.25, 0.3) is 0 Å². The molecule has 1 amide bonds. The molecule has 0 spiro atoms. The Labute approximate surface area is 181 Å². The topological polar surface area (TPSA) is 57.7 Å². The molecular formula is C23H26N4O2S. The molecule has 1 saturated heterocycles. The molecule has 30 heavy (non-hydrogen) atoms. The van der Waals surface area contributed by atoms with E-state index in [0.717, 1.165) is 42.4 Å². The van der Waals surface area contributed by atoms with Crippen molar-refractivity contribution in [2.75, 3.05) is 44.7 Å². The number of anilines is 1. The van der Waals surface area contributed by atoms with Gasteiger partial charge in [0.15, 0.2) is 0 Å². The molecule has 1 aromatic carbocycles. The minimum Gasteiger partial charge on any atom is -0.497 e. The lowest BCUT2D eigenvalue weighted by molar-refractivity contribution is 0.0934. The molecule has 0 saturated carbocycles. The zero-order chi connectivity index (χ0) is 20.8. The van der Waals surface area contributed by atoms with Gasteiger partial charge >= 0.3 is 0 Å². The number of aromatic nitrogens is 1. The largest absolute Gasteiger partial charge is 0.497 e. The zero-order valence-corrected chi connectivity index (χ0v) is 17.8. The van der Waals surface area contributed by atoms with Crippen LogP contribution in [0.4, 0.5) is 5.69 Å². The number of amides is 1. The number of hydrogen-bond acceptors (Lipinski definition) is 6. The lowest BCUT2D eigenvalue weighted by Gasteiger charge is -2.40. The Hall–Kier alpha value is -2.90. The standard InChI is InChI=1S/C23H26N4O2S/c1-29-20-8-6-19(7-9-20)26-11-13-27(14-12-26)21(18-4-2-10-24-16-18)17-25-23(28)22-5-3-15-30-22/h2-10,15-16,21H,11-14,17H2,1H3,(H,25,28)/t21-/m0/s1. The number of ether oxygens (including phenoxy) is 1. The zero-order valence-electron chi connectivity index (χ0n) is 17.0. The second-order valence-corrected chi connectivity index (χ2v) is 8.16. The fourth-order valence-electron chi connectivity index (χ4n) is 3.80. The molecule has 1 atom stereocenters. The Balaban J connectivity index is 1.41. The van der Waals surface area contributed by atoms with Gasteiger partial charge in [0.05, 0.1) is 18.0 Å². The molecular weight excluding hydrogens is 396 g/mol. The lowest BCUT2D eigenvalue weighted by Crippen LogP contribution is -2.50. The normalized spacial score (nSPS) is 15.6. The predicted octanol–water partition coefficient (Wildman–Crippen LogP) is 3.45. The highest BCUT2D eigenvalue weighted by Gasteiger charge is 2.26. The Morgan fingerprint density at radius 3 is 2.57 bits per heavy atom. The van der Waals surface area contributed by atoms with Crippen LogP contribution in [0.3, 0.4) is 0 Å². The van der Waals surface area contributed by atoms with Crippen molar-refractivity contribution in [1.82, 2.24) is 15.2 Å². The van der Waals surface area contributed by atoms with Gasteiger partial charge in [-0.15, -0.1) is 11.3 Å². The smallest absolute Gasteiger partial charge is 0.261 e. The van der Waals surface area contributed by atoms with Crippen molar-refractivity contribution in [2.45, 2.75) is 6.04 Å². The number of methoxy groups -OCH3 is 1. The van der Waals surface area contributed by atoms with E-state index in [0.29, 0.717) is 6.54 Å². The highest BCUT2D eigenvalue weighted by Crippen LogP contribution is 2.25. The minimum atomic E-state index is -0.0178. The van der Waals surface area contributed by atoms with Crippen LogP contribution in [-0.4, -0.2) is 55.6 Å². The lowest BCUT2D eigenvalue weighted by atomic mass is 10.1. The van der Waals surface area contributed by atoms with E-state index >= 15 is 0 Å². The van der Waals surface area contributed by atoms with Crippen LogP contribution in [-0.2, 0) is 0 Å². The number of carbonyl (C=O) groups excluding carboxylic acids is 1. The van der Waals surface area contributed by atoms with E-state index in [4.69, 9.17) is 4.74 Å². The van der Waals surface area contributed by atoms with Gasteiger partial charge in [0.25, 0.3) is 5.91 Å². The maximum atomic E-state index is 12.5. The fraction of sp³-hybridized carbons (Fsp3) is 0.304. The quantitative estimate of drug-likeness (QED) is 0.632. The maximum absolute atomic E-state index is 12.5. The van der Waals surface area contributed by atoms with Crippen molar-refractivity contribution in [3.8, 4) is 5.75 Å². The summed E-state index contributed by atoms with van der Waals surface area (Å²) in [5.74, 6) is 0.853. The van der Waals surface area contributed by atoms with Gasteiger partial charge < -0.3 is 15.0 Å². The van der Waals surface area contributed by atoms with Gasteiger partial charge in [0.2, 0.25) is 0 Å². The van der Waals surface area contributed by atoms with Crippen molar-refractivity contribution < 1.29 is 9.53 Å². The number of piperazine rings is 1. The van der Waals surface area contributed by atoms with Gasteiger partial charge in [-0.05, 0) is 47.3 Å². The van der Waals surface area contributed by atoms with E-state index < -0.39 is 0 Å². The van der Waals surface area contributed by atoms with Crippen molar-refractivity contribution in [3.63, 3.8) is 0 Å². The van der Waals surface area contributed by atoms with Gasteiger partial charge in [0.1, 0.15) is 5.75 Å². The summed E-state index contributed by atoms with van der Waals surface area (Å²) >= 11 is 1.46. The summed E-state index contributed by atoms with van der Waals surface area (Å²) in [6.45, 7) is 4.26. The Bertz CT molecular complexity index is 924. The number of rotatable bonds is 7. The van der Waals surface area contributed by atoms with Gasteiger partial charge in [-0.3, -0.25) is 14.7 Å². The average molecular weight is 423 g/mol. The predicted molar refractivity (Wildman–Crippen MR) is 120 cm³/mol. The molecule has 1 aliphatic heterocycles. The molecule has 0 radical (unpaired) electrons. The van der Waals surface area contributed by atoms with Crippen molar-refractivity contribution in [2.24, 2.45) is 0 Å². The molecule has 3 aromatic rings. The second kappa shape index (κ2) is 9.73. The fourth-order valence-corrected chi connectivity index (χ4v) is 4.44. The SMILES string of the molecule is COc1ccc(N2CCN([C@@H](CNC(=O)c3cccs3)c3cccnc3)CC2)cc1. The van der Waals surface area contributed by atoms with Crippen LogP contribution in [0.5, 0.6) is 5.75 Å². The minimum absolute atomic E-state index is 0.0178. The van der Waals surface area contributed by atoms with E-state index in [1.54, 1.807) is 13.3 Å². The summed E-state index contributed by atoms with van der Waals surface area (Å²) in [7, 11) is 1.68. The first-order valence-electron chi connectivity index (χ1n) is 10.1. The first-order chi connectivity index (χ1) is 14.7. The Kier molecular flexibility index (Phi) is 6.61. The molecule has 1 N–H and O–H groups in total. The Morgan fingerprint density at radius 1 is 1.13 bits per heavy atom. The maximum Gasteiger partial charge on any atom is 0.261 e. The van der Waals surface area contributed by atoms with Gasteiger partial charge in [0, 0.05) is 50.8 Å². The molecule has 6 nitrogen and oxygen atoms in total. The third-order valence-corrected chi connectivity index (χ3v) is 6.33. The average Bonchev–Trinajstić information content (AvgIpc) is 3.36. The number of carbonyl (C=O) groups is 1. The summed E-state index contributed by atoms with van der Waals surface area (Å²) < 4.78 is 5.26. The monoisotopic (exact) mass is 422 g/mol. The molecule has 0 unspecified atom stereocenters. The molecule has 3 heterocycles. The van der Waals surface area contributed by atoms with Gasteiger partial charge in [-0.2, -0.15) is 0 Å². The number of pyridine rings is 1. The highest BCUT2D eigenvalue weighted by atomic mass is 32.1. The molecule has 7 heteroatoms. The second-order valence-electron chi connectivity index (χ2n) is 7.21. The van der Waals surface area contributed by atoms with Crippen LogP contribution in [0.15, 0.2) is 66.3 Å². The van der Waals surface area contributed by atoms with Crippen molar-refractivity contribution in [1.29, 1.82) is 0 Å². The summed E-state index contributed by atoms with van der Waals surface area (Å²) in [6.07, 6.45) is 3.68. The van der Waals surface area contributed by atoms with Crippen LogP contribution in [0, 0.1) is 0 Å². The molecule has 0 aliphatic carbocycles. The molecule has 2 aromatic heterocycles. The van der Waals surface area contributed by atoms with E-state index in [-0.39, 0.29) is 11.9 Å². The van der Waals surface area contributed by atoms with Crippen LogP contribution in [0.2, 0.25) is 0 Å². The number of nitrogens with one attached hydrogen (secondary N) is 1. The molecule has 1 fully saturated rings.